The fourth-order valence-corrected chi connectivity index (χ4v) is 3.86. The second-order valence-electron chi connectivity index (χ2n) is 6.87. The van der Waals surface area contributed by atoms with Crippen LogP contribution in [0.25, 0.3) is 10.9 Å². The van der Waals surface area contributed by atoms with Gasteiger partial charge in [-0.2, -0.15) is 0 Å². The van der Waals surface area contributed by atoms with Gasteiger partial charge in [0.15, 0.2) is 5.43 Å². The van der Waals surface area contributed by atoms with E-state index in [1.807, 2.05) is 51.9 Å². The normalized spacial score (nSPS) is 16.3. The Morgan fingerprint density at radius 2 is 1.90 bits per heavy atom. The SMILES string of the molecule is COc1ccccc1C1CNCCN1C(=O)Cn1ccc(=O)c2ccccc21.Cl. The van der Waals surface area contributed by atoms with Gasteiger partial charge in [0.25, 0.3) is 0 Å². The number of nitrogens with zero attached hydrogens (tertiary/aromatic N) is 2. The molecule has 3 aromatic rings. The highest BCUT2D eigenvalue weighted by Gasteiger charge is 2.29. The lowest BCUT2D eigenvalue weighted by atomic mass is 10.0. The number of rotatable bonds is 4. The van der Waals surface area contributed by atoms with Gasteiger partial charge in [-0.05, 0) is 18.2 Å². The molecule has 4 rings (SSSR count). The number of hydrogen-bond acceptors (Lipinski definition) is 4. The minimum absolute atomic E-state index is 0. The van der Waals surface area contributed by atoms with Gasteiger partial charge in [-0.25, -0.2) is 0 Å². The van der Waals surface area contributed by atoms with Gasteiger partial charge in [0, 0.05) is 42.8 Å². The van der Waals surface area contributed by atoms with E-state index >= 15 is 0 Å². The second-order valence-corrected chi connectivity index (χ2v) is 6.87. The van der Waals surface area contributed by atoms with E-state index in [2.05, 4.69) is 5.32 Å². The molecular weight excluding hydrogens is 390 g/mol. The van der Waals surface area contributed by atoms with Crippen LogP contribution in [0.3, 0.4) is 0 Å². The number of carbonyl (C=O) groups is 1. The number of benzene rings is 2. The molecule has 1 unspecified atom stereocenters. The first kappa shape index (κ1) is 20.9. The Kier molecular flexibility index (Phi) is 6.56. The van der Waals surface area contributed by atoms with Gasteiger partial charge in [-0.15, -0.1) is 12.4 Å². The molecule has 6 nitrogen and oxygen atoms in total. The second kappa shape index (κ2) is 9.11. The maximum atomic E-state index is 13.2. The first-order valence-electron chi connectivity index (χ1n) is 9.40. The molecule has 1 aromatic heterocycles. The van der Waals surface area contributed by atoms with E-state index < -0.39 is 0 Å². The molecule has 2 aromatic carbocycles. The van der Waals surface area contributed by atoms with Crippen molar-refractivity contribution in [2.24, 2.45) is 0 Å². The number of para-hydroxylation sites is 2. The first-order chi connectivity index (χ1) is 13.7. The quantitative estimate of drug-likeness (QED) is 0.714. The van der Waals surface area contributed by atoms with Crippen LogP contribution in [0, 0.1) is 0 Å². The van der Waals surface area contributed by atoms with Crippen LogP contribution in [0.1, 0.15) is 11.6 Å². The van der Waals surface area contributed by atoms with Crippen LogP contribution < -0.4 is 15.5 Å². The zero-order valence-corrected chi connectivity index (χ0v) is 17.0. The molecule has 1 N–H and O–H groups in total. The maximum absolute atomic E-state index is 13.2. The molecule has 1 saturated heterocycles. The summed E-state index contributed by atoms with van der Waals surface area (Å²) in [7, 11) is 1.65. The molecule has 1 aliphatic rings. The van der Waals surface area contributed by atoms with Crippen molar-refractivity contribution in [2.75, 3.05) is 26.7 Å². The van der Waals surface area contributed by atoms with Crippen molar-refractivity contribution in [2.45, 2.75) is 12.6 Å². The molecule has 0 saturated carbocycles. The molecule has 29 heavy (non-hydrogen) atoms. The van der Waals surface area contributed by atoms with Gasteiger partial charge < -0.3 is 19.5 Å². The summed E-state index contributed by atoms with van der Waals surface area (Å²) >= 11 is 0. The molecule has 7 heteroatoms. The summed E-state index contributed by atoms with van der Waals surface area (Å²) in [6.45, 7) is 2.24. The Bertz CT molecular complexity index is 1070. The number of aromatic nitrogens is 1. The highest BCUT2D eigenvalue weighted by atomic mass is 35.5. The van der Waals surface area contributed by atoms with Crippen molar-refractivity contribution < 1.29 is 9.53 Å². The number of pyridine rings is 1. The van der Waals surface area contributed by atoms with Crippen molar-refractivity contribution in [3.05, 3.63) is 76.6 Å². The number of methoxy groups -OCH3 is 1. The van der Waals surface area contributed by atoms with Crippen LogP contribution in [0.15, 0.2) is 65.6 Å². The number of ether oxygens (including phenoxy) is 1. The van der Waals surface area contributed by atoms with E-state index in [0.29, 0.717) is 18.5 Å². The van der Waals surface area contributed by atoms with Crippen molar-refractivity contribution in [3.8, 4) is 5.75 Å². The van der Waals surface area contributed by atoms with Gasteiger partial charge in [0.2, 0.25) is 5.91 Å². The molecule has 0 bridgehead atoms. The lowest BCUT2D eigenvalue weighted by Crippen LogP contribution is -2.49. The van der Waals surface area contributed by atoms with E-state index in [1.54, 1.807) is 19.4 Å². The summed E-state index contributed by atoms with van der Waals surface area (Å²) in [5, 5.41) is 4.00. The number of piperazine rings is 1. The molecule has 1 atom stereocenters. The average molecular weight is 414 g/mol. The van der Waals surface area contributed by atoms with Gasteiger partial charge in [-0.3, -0.25) is 9.59 Å². The van der Waals surface area contributed by atoms with Crippen LogP contribution in [-0.2, 0) is 11.3 Å². The van der Waals surface area contributed by atoms with E-state index in [4.69, 9.17) is 4.74 Å². The number of amides is 1. The molecule has 1 fully saturated rings. The zero-order chi connectivity index (χ0) is 19.5. The molecule has 1 amide bonds. The van der Waals surface area contributed by atoms with Crippen molar-refractivity contribution in [1.82, 2.24) is 14.8 Å². The Labute approximate surface area is 175 Å². The lowest BCUT2D eigenvalue weighted by molar-refractivity contribution is -0.135. The lowest BCUT2D eigenvalue weighted by Gasteiger charge is -2.37. The highest BCUT2D eigenvalue weighted by molar-refractivity contribution is 5.85. The summed E-state index contributed by atoms with van der Waals surface area (Å²) in [5.74, 6) is 0.800. The van der Waals surface area contributed by atoms with Crippen molar-refractivity contribution >= 4 is 29.2 Å². The summed E-state index contributed by atoms with van der Waals surface area (Å²) in [4.78, 5) is 27.2. The Balaban J connectivity index is 0.00000240. The number of halogens is 1. The molecule has 0 spiro atoms. The Morgan fingerprint density at radius 1 is 1.14 bits per heavy atom. The van der Waals surface area contributed by atoms with Crippen LogP contribution >= 0.6 is 12.4 Å². The van der Waals surface area contributed by atoms with Crippen LogP contribution in [0.5, 0.6) is 5.75 Å². The molecule has 0 radical (unpaired) electrons. The third-order valence-corrected chi connectivity index (χ3v) is 5.25. The molecule has 1 aliphatic heterocycles. The largest absolute Gasteiger partial charge is 0.496 e. The fourth-order valence-electron chi connectivity index (χ4n) is 3.86. The molecule has 2 heterocycles. The van der Waals surface area contributed by atoms with Gasteiger partial charge in [0.05, 0.1) is 18.7 Å². The van der Waals surface area contributed by atoms with Crippen LogP contribution in [0.2, 0.25) is 0 Å². The molecule has 0 aliphatic carbocycles. The van der Waals surface area contributed by atoms with Crippen molar-refractivity contribution in [3.63, 3.8) is 0 Å². The summed E-state index contributed by atoms with van der Waals surface area (Å²) in [6, 6.07) is 16.6. The standard InChI is InChI=1S/C22H23N3O3.ClH/c1-28-21-9-5-3-7-17(21)19-14-23-11-13-25(19)22(27)15-24-12-10-20(26)16-6-2-4-8-18(16)24;/h2-10,12,19,23H,11,13-15H2,1H3;1H. The predicted molar refractivity (Wildman–Crippen MR) is 116 cm³/mol. The van der Waals surface area contributed by atoms with Gasteiger partial charge in [-0.1, -0.05) is 30.3 Å². The molecular formula is C22H24ClN3O3. The topological polar surface area (TPSA) is 63.6 Å². The number of carbonyl (C=O) groups excluding carboxylic acids is 1. The van der Waals surface area contributed by atoms with Crippen molar-refractivity contribution in [1.29, 1.82) is 0 Å². The smallest absolute Gasteiger partial charge is 0.243 e. The third kappa shape index (κ3) is 4.13. The van der Waals surface area contributed by atoms with E-state index in [-0.39, 0.29) is 36.3 Å². The zero-order valence-electron chi connectivity index (χ0n) is 16.2. The average Bonchev–Trinajstić information content (AvgIpc) is 2.76. The van der Waals surface area contributed by atoms with Gasteiger partial charge in [0.1, 0.15) is 12.3 Å². The molecule has 152 valence electrons. The maximum Gasteiger partial charge on any atom is 0.243 e. The van der Waals surface area contributed by atoms with Gasteiger partial charge >= 0.3 is 0 Å². The number of nitrogens with one attached hydrogen (secondary N) is 1. The van der Waals surface area contributed by atoms with E-state index in [0.717, 1.165) is 23.4 Å². The highest BCUT2D eigenvalue weighted by Crippen LogP contribution is 2.30. The minimum atomic E-state index is -0.0944. The summed E-state index contributed by atoms with van der Waals surface area (Å²) in [5.41, 5.74) is 1.73. The van der Waals surface area contributed by atoms with Crippen LogP contribution in [-0.4, -0.2) is 42.1 Å². The summed E-state index contributed by atoms with van der Waals surface area (Å²) in [6.07, 6.45) is 1.70. The van der Waals surface area contributed by atoms with E-state index in [9.17, 15) is 9.59 Å². The number of fused-ring (bicyclic) bond motifs is 1. The van der Waals surface area contributed by atoms with E-state index in [1.165, 1.54) is 6.07 Å². The number of hydrogen-bond donors (Lipinski definition) is 1. The fraction of sp³-hybridized carbons (Fsp3) is 0.273. The predicted octanol–water partition coefficient (Wildman–Crippen LogP) is 2.60. The monoisotopic (exact) mass is 413 g/mol. The summed E-state index contributed by atoms with van der Waals surface area (Å²) < 4.78 is 7.36. The first-order valence-corrected chi connectivity index (χ1v) is 9.40. The Hall–Kier alpha value is -2.83. The Morgan fingerprint density at radius 3 is 2.72 bits per heavy atom. The van der Waals surface area contributed by atoms with Crippen LogP contribution in [0.4, 0.5) is 0 Å². The third-order valence-electron chi connectivity index (χ3n) is 5.25. The minimum Gasteiger partial charge on any atom is -0.496 e.